The molecule has 0 aromatic carbocycles. The van der Waals surface area contributed by atoms with E-state index in [2.05, 4.69) is 43.0 Å². The van der Waals surface area contributed by atoms with E-state index in [1.165, 1.54) is 29.4 Å². The molecule has 1 aromatic heterocycles. The Morgan fingerprint density at radius 2 is 2.28 bits per heavy atom. The van der Waals surface area contributed by atoms with Crippen molar-refractivity contribution in [1.29, 1.82) is 0 Å². The van der Waals surface area contributed by atoms with Crippen molar-refractivity contribution >= 4 is 11.3 Å². The summed E-state index contributed by atoms with van der Waals surface area (Å²) in [6.45, 7) is 11.2. The molecule has 1 fully saturated rings. The van der Waals surface area contributed by atoms with E-state index >= 15 is 0 Å². The van der Waals surface area contributed by atoms with Crippen LogP contribution in [0.3, 0.4) is 0 Å². The molecule has 4 heteroatoms. The van der Waals surface area contributed by atoms with Gasteiger partial charge < -0.3 is 10.2 Å². The number of hydrogen-bond donors (Lipinski definition) is 1. The van der Waals surface area contributed by atoms with Crippen LogP contribution in [0, 0.1) is 5.92 Å². The molecule has 18 heavy (non-hydrogen) atoms. The van der Waals surface area contributed by atoms with Crippen LogP contribution in [0.1, 0.15) is 37.1 Å². The average Bonchev–Trinajstić information content (AvgIpc) is 2.87. The second kappa shape index (κ2) is 5.68. The molecule has 0 saturated carbocycles. The molecule has 1 aromatic rings. The van der Waals surface area contributed by atoms with Gasteiger partial charge in [0.1, 0.15) is 0 Å². The summed E-state index contributed by atoms with van der Waals surface area (Å²) in [5, 5.41) is 4.81. The number of aromatic nitrogens is 1. The molecule has 3 nitrogen and oxygen atoms in total. The van der Waals surface area contributed by atoms with Crippen molar-refractivity contribution in [2.45, 2.75) is 39.2 Å². The Bertz CT molecular complexity index is 381. The summed E-state index contributed by atoms with van der Waals surface area (Å²) in [4.78, 5) is 8.29. The highest BCUT2D eigenvalue weighted by Crippen LogP contribution is 2.26. The molecule has 1 saturated heterocycles. The minimum atomic E-state index is 0.178. The van der Waals surface area contributed by atoms with Crippen molar-refractivity contribution in [1.82, 2.24) is 15.2 Å². The molecule has 1 N–H and O–H groups in total. The smallest absolute Gasteiger partial charge is 0.0981 e. The lowest BCUT2D eigenvalue weighted by Crippen LogP contribution is -2.24. The molecule has 1 atom stereocenters. The van der Waals surface area contributed by atoms with Gasteiger partial charge in [-0.3, -0.25) is 0 Å². The largest absolute Gasteiger partial charge is 0.311 e. The quantitative estimate of drug-likeness (QED) is 0.908. The Balaban J connectivity index is 1.75. The minimum Gasteiger partial charge on any atom is -0.311 e. The summed E-state index contributed by atoms with van der Waals surface area (Å²) in [5.41, 5.74) is 0.178. The molecule has 2 heterocycles. The molecule has 0 spiro atoms. The van der Waals surface area contributed by atoms with Crippen molar-refractivity contribution in [2.75, 3.05) is 26.7 Å². The van der Waals surface area contributed by atoms with Gasteiger partial charge in [-0.2, -0.15) is 0 Å². The van der Waals surface area contributed by atoms with Crippen LogP contribution < -0.4 is 5.32 Å². The Hall–Kier alpha value is -0.450. The maximum absolute atomic E-state index is 4.52. The lowest BCUT2D eigenvalue weighted by atomic mass is 9.98. The number of thiazole rings is 1. The fourth-order valence-electron chi connectivity index (χ4n) is 2.33. The van der Waals surface area contributed by atoms with E-state index in [9.17, 15) is 0 Å². The van der Waals surface area contributed by atoms with Crippen LogP contribution in [0.4, 0.5) is 0 Å². The fraction of sp³-hybridized carbons (Fsp3) is 0.786. The van der Waals surface area contributed by atoms with Crippen LogP contribution in [0.25, 0.3) is 0 Å². The molecule has 0 amide bonds. The number of hydrogen-bond acceptors (Lipinski definition) is 4. The van der Waals surface area contributed by atoms with Crippen LogP contribution in [-0.2, 0) is 12.0 Å². The predicted octanol–water partition coefficient (Wildman–Crippen LogP) is 2.48. The van der Waals surface area contributed by atoms with Crippen molar-refractivity contribution in [3.05, 3.63) is 16.1 Å². The maximum Gasteiger partial charge on any atom is 0.0981 e. The van der Waals surface area contributed by atoms with E-state index in [1.54, 1.807) is 0 Å². The van der Waals surface area contributed by atoms with E-state index in [-0.39, 0.29) is 5.41 Å². The van der Waals surface area contributed by atoms with E-state index < -0.39 is 0 Å². The lowest BCUT2D eigenvalue weighted by molar-refractivity contribution is 0.388. The first kappa shape index (κ1) is 14.0. The zero-order valence-electron chi connectivity index (χ0n) is 12.0. The molecule has 0 aliphatic carbocycles. The second-order valence-electron chi connectivity index (χ2n) is 6.43. The van der Waals surface area contributed by atoms with Gasteiger partial charge in [0.05, 0.1) is 5.01 Å². The van der Waals surface area contributed by atoms with Gasteiger partial charge >= 0.3 is 0 Å². The normalized spacial score (nSPS) is 21.7. The molecular weight excluding hydrogens is 242 g/mol. The highest BCUT2D eigenvalue weighted by molar-refractivity contribution is 7.11. The summed E-state index contributed by atoms with van der Waals surface area (Å²) in [6, 6.07) is 0. The van der Waals surface area contributed by atoms with E-state index in [4.69, 9.17) is 0 Å². The van der Waals surface area contributed by atoms with Gasteiger partial charge in [0.25, 0.3) is 0 Å². The second-order valence-corrected chi connectivity index (χ2v) is 7.54. The first-order chi connectivity index (χ1) is 8.45. The molecule has 0 radical (unpaired) electrons. The van der Waals surface area contributed by atoms with Gasteiger partial charge in [-0.1, -0.05) is 20.8 Å². The van der Waals surface area contributed by atoms with Gasteiger partial charge in [-0.25, -0.2) is 4.98 Å². The standard InChI is InChI=1S/C14H25N3S/c1-14(2,3)13-16-9-12(18-13)8-15-7-11-5-6-17(4)10-11/h9,11,15H,5-8,10H2,1-4H3. The van der Waals surface area contributed by atoms with Crippen molar-refractivity contribution in [3.8, 4) is 0 Å². The van der Waals surface area contributed by atoms with Crippen molar-refractivity contribution < 1.29 is 0 Å². The average molecular weight is 267 g/mol. The predicted molar refractivity (Wildman–Crippen MR) is 78.1 cm³/mol. The van der Waals surface area contributed by atoms with Gasteiger partial charge in [-0.15, -0.1) is 11.3 Å². The van der Waals surface area contributed by atoms with Gasteiger partial charge in [0.15, 0.2) is 0 Å². The third-order valence-corrected chi connectivity index (χ3v) is 4.84. The number of likely N-dealkylation sites (tertiary alicyclic amines) is 1. The summed E-state index contributed by atoms with van der Waals surface area (Å²) in [5.74, 6) is 0.824. The summed E-state index contributed by atoms with van der Waals surface area (Å²) < 4.78 is 0. The molecule has 1 aliphatic rings. The maximum atomic E-state index is 4.52. The van der Waals surface area contributed by atoms with E-state index in [0.29, 0.717) is 0 Å². The highest BCUT2D eigenvalue weighted by atomic mass is 32.1. The first-order valence-corrected chi connectivity index (χ1v) is 7.61. The minimum absolute atomic E-state index is 0.178. The fourth-order valence-corrected chi connectivity index (χ4v) is 3.27. The van der Waals surface area contributed by atoms with Crippen molar-refractivity contribution in [3.63, 3.8) is 0 Å². The Morgan fingerprint density at radius 1 is 1.50 bits per heavy atom. The van der Waals surface area contributed by atoms with Gasteiger partial charge in [-0.05, 0) is 32.5 Å². The zero-order chi connectivity index (χ0) is 13.2. The molecule has 102 valence electrons. The molecule has 2 rings (SSSR count). The monoisotopic (exact) mass is 267 g/mol. The van der Waals surface area contributed by atoms with Crippen LogP contribution >= 0.6 is 11.3 Å². The van der Waals surface area contributed by atoms with Crippen LogP contribution in [0.5, 0.6) is 0 Å². The van der Waals surface area contributed by atoms with E-state index in [1.807, 2.05) is 17.5 Å². The SMILES string of the molecule is CN1CCC(CNCc2cnc(C(C)(C)C)s2)C1. The van der Waals surface area contributed by atoms with Crippen molar-refractivity contribution in [2.24, 2.45) is 5.92 Å². The third kappa shape index (κ3) is 3.77. The molecule has 1 aliphatic heterocycles. The Labute approximate surface area is 115 Å². The third-order valence-electron chi connectivity index (χ3n) is 3.42. The Morgan fingerprint density at radius 3 is 2.83 bits per heavy atom. The van der Waals surface area contributed by atoms with Crippen LogP contribution in [-0.4, -0.2) is 36.6 Å². The van der Waals surface area contributed by atoms with Crippen LogP contribution in [0.15, 0.2) is 6.20 Å². The number of rotatable bonds is 4. The Kier molecular flexibility index (Phi) is 4.41. The molecule has 0 bridgehead atoms. The first-order valence-electron chi connectivity index (χ1n) is 6.79. The zero-order valence-corrected chi connectivity index (χ0v) is 12.8. The van der Waals surface area contributed by atoms with Gasteiger partial charge in [0.2, 0.25) is 0 Å². The van der Waals surface area contributed by atoms with Crippen LogP contribution in [0.2, 0.25) is 0 Å². The summed E-state index contributed by atoms with van der Waals surface area (Å²) in [6.07, 6.45) is 3.36. The summed E-state index contributed by atoms with van der Waals surface area (Å²) >= 11 is 1.84. The molecular formula is C14H25N3S. The number of nitrogens with one attached hydrogen (secondary N) is 1. The topological polar surface area (TPSA) is 28.2 Å². The summed E-state index contributed by atoms with van der Waals surface area (Å²) in [7, 11) is 2.21. The number of nitrogens with zero attached hydrogens (tertiary/aromatic N) is 2. The lowest BCUT2D eigenvalue weighted by Gasteiger charge is -2.13. The van der Waals surface area contributed by atoms with E-state index in [0.717, 1.165) is 19.0 Å². The highest BCUT2D eigenvalue weighted by Gasteiger charge is 2.20. The van der Waals surface area contributed by atoms with Gasteiger partial charge in [0, 0.05) is 29.6 Å². The molecule has 1 unspecified atom stereocenters.